The normalized spacial score (nSPS) is 23.6. The summed E-state index contributed by atoms with van der Waals surface area (Å²) in [6.07, 6.45) is 2.65. The van der Waals surface area contributed by atoms with Crippen LogP contribution in [0.25, 0.3) is 0 Å². The highest BCUT2D eigenvalue weighted by molar-refractivity contribution is 5.80. The van der Waals surface area contributed by atoms with E-state index >= 15 is 0 Å². The highest BCUT2D eigenvalue weighted by Gasteiger charge is 2.35. The van der Waals surface area contributed by atoms with Crippen LogP contribution in [0.15, 0.2) is 35.3 Å². The molecule has 1 heterocycles. The third-order valence-corrected chi connectivity index (χ3v) is 4.71. The first kappa shape index (κ1) is 18.8. The van der Waals surface area contributed by atoms with Crippen LogP contribution in [0.5, 0.6) is 0 Å². The van der Waals surface area contributed by atoms with Gasteiger partial charge >= 0.3 is 0 Å². The van der Waals surface area contributed by atoms with E-state index in [1.165, 1.54) is 12.0 Å². The van der Waals surface area contributed by atoms with Crippen molar-refractivity contribution < 1.29 is 4.74 Å². The average molecular weight is 332 g/mol. The van der Waals surface area contributed by atoms with E-state index in [2.05, 4.69) is 67.6 Å². The van der Waals surface area contributed by atoms with Crippen molar-refractivity contribution in [3.05, 3.63) is 35.9 Å². The number of nitrogens with zero attached hydrogens (tertiary/aromatic N) is 1. The van der Waals surface area contributed by atoms with E-state index in [1.807, 2.05) is 13.1 Å². The van der Waals surface area contributed by atoms with Gasteiger partial charge in [-0.25, -0.2) is 0 Å². The van der Waals surface area contributed by atoms with Gasteiger partial charge in [-0.2, -0.15) is 0 Å². The minimum atomic E-state index is 0.168. The number of nitrogens with one attached hydrogen (secondary N) is 2. The van der Waals surface area contributed by atoms with Crippen molar-refractivity contribution in [2.75, 3.05) is 20.2 Å². The Morgan fingerprint density at radius 3 is 2.62 bits per heavy atom. The van der Waals surface area contributed by atoms with Crippen LogP contribution in [0.4, 0.5) is 0 Å². The second-order valence-electron chi connectivity index (χ2n) is 7.79. The maximum absolute atomic E-state index is 6.07. The number of hydrogen-bond acceptors (Lipinski definition) is 2. The van der Waals surface area contributed by atoms with Gasteiger partial charge in [0.25, 0.3) is 0 Å². The van der Waals surface area contributed by atoms with Crippen LogP contribution >= 0.6 is 0 Å². The van der Waals surface area contributed by atoms with E-state index in [4.69, 9.17) is 4.74 Å². The monoisotopic (exact) mass is 331 g/mol. The molecule has 4 heteroatoms. The highest BCUT2D eigenvalue weighted by Crippen LogP contribution is 2.33. The van der Waals surface area contributed by atoms with Crippen molar-refractivity contribution in [3.63, 3.8) is 0 Å². The molecule has 24 heavy (non-hydrogen) atoms. The molecule has 1 fully saturated rings. The molecule has 1 aliphatic rings. The van der Waals surface area contributed by atoms with Crippen molar-refractivity contribution in [1.29, 1.82) is 0 Å². The van der Waals surface area contributed by atoms with Gasteiger partial charge in [0, 0.05) is 26.1 Å². The van der Waals surface area contributed by atoms with Crippen molar-refractivity contribution in [3.8, 4) is 0 Å². The fourth-order valence-corrected chi connectivity index (χ4v) is 3.46. The molecule has 0 amide bonds. The summed E-state index contributed by atoms with van der Waals surface area (Å²) in [5.74, 6) is 1.37. The summed E-state index contributed by atoms with van der Waals surface area (Å²) in [6.45, 7) is 10.7. The molecule has 134 valence electrons. The van der Waals surface area contributed by atoms with Gasteiger partial charge in [0.15, 0.2) is 5.96 Å². The Morgan fingerprint density at radius 1 is 1.29 bits per heavy atom. The van der Waals surface area contributed by atoms with Gasteiger partial charge in [-0.1, -0.05) is 51.1 Å². The molecule has 0 aliphatic carbocycles. The van der Waals surface area contributed by atoms with E-state index in [-0.39, 0.29) is 11.5 Å². The first-order valence-electron chi connectivity index (χ1n) is 9.05. The average Bonchev–Trinajstić information content (AvgIpc) is 2.58. The first-order valence-corrected chi connectivity index (χ1v) is 9.05. The number of aliphatic imine (C=N–C) groups is 1. The molecule has 1 aromatic carbocycles. The SMILES string of the molecule is CN=C(NCC1CCCOC1C(C)(C)C)NC(C)c1ccccc1. The summed E-state index contributed by atoms with van der Waals surface area (Å²) in [5, 5.41) is 6.97. The van der Waals surface area contributed by atoms with Crippen molar-refractivity contribution >= 4 is 5.96 Å². The zero-order valence-electron chi connectivity index (χ0n) is 15.8. The van der Waals surface area contributed by atoms with E-state index in [0.29, 0.717) is 12.0 Å². The van der Waals surface area contributed by atoms with Gasteiger partial charge in [-0.3, -0.25) is 4.99 Å². The third-order valence-electron chi connectivity index (χ3n) is 4.71. The molecule has 0 saturated carbocycles. The van der Waals surface area contributed by atoms with Crippen LogP contribution in [0.1, 0.15) is 52.1 Å². The second kappa shape index (κ2) is 8.52. The number of rotatable bonds is 4. The minimum absolute atomic E-state index is 0.168. The smallest absolute Gasteiger partial charge is 0.191 e. The van der Waals surface area contributed by atoms with Gasteiger partial charge in [0.05, 0.1) is 12.1 Å². The molecule has 0 bridgehead atoms. The number of hydrogen-bond donors (Lipinski definition) is 2. The van der Waals surface area contributed by atoms with Crippen LogP contribution in [-0.4, -0.2) is 32.3 Å². The Bertz CT molecular complexity index is 521. The lowest BCUT2D eigenvalue weighted by atomic mass is 9.78. The summed E-state index contributed by atoms with van der Waals surface area (Å²) in [4.78, 5) is 4.38. The molecule has 1 aromatic rings. The first-order chi connectivity index (χ1) is 11.4. The molecule has 4 nitrogen and oxygen atoms in total. The molecule has 2 N–H and O–H groups in total. The molecule has 1 aliphatic heterocycles. The molecular weight excluding hydrogens is 298 g/mol. The fraction of sp³-hybridized carbons (Fsp3) is 0.650. The van der Waals surface area contributed by atoms with E-state index in [0.717, 1.165) is 25.5 Å². The van der Waals surface area contributed by atoms with Crippen molar-refractivity contribution in [1.82, 2.24) is 10.6 Å². The number of guanidine groups is 1. The molecule has 3 unspecified atom stereocenters. The standard InChI is InChI=1S/C20H33N3O/c1-15(16-10-7-6-8-11-16)23-19(21-5)22-14-17-12-9-13-24-18(17)20(2,3)4/h6-8,10-11,15,17-18H,9,12-14H2,1-5H3,(H2,21,22,23). The Labute approximate surface area is 147 Å². The van der Waals surface area contributed by atoms with Crippen LogP contribution in [0.3, 0.4) is 0 Å². The maximum Gasteiger partial charge on any atom is 0.191 e. The van der Waals surface area contributed by atoms with Crippen LogP contribution in [0.2, 0.25) is 0 Å². The lowest BCUT2D eigenvalue weighted by Gasteiger charge is -2.40. The number of ether oxygens (including phenoxy) is 1. The van der Waals surface area contributed by atoms with E-state index in [9.17, 15) is 0 Å². The number of benzene rings is 1. The van der Waals surface area contributed by atoms with Crippen molar-refractivity contribution in [2.45, 2.75) is 52.7 Å². The Balaban J connectivity index is 1.91. The molecule has 2 rings (SSSR count). The minimum Gasteiger partial charge on any atom is -0.377 e. The molecule has 3 atom stereocenters. The predicted molar refractivity (Wildman–Crippen MR) is 101 cm³/mol. The molecule has 0 spiro atoms. The molecular formula is C20H33N3O. The highest BCUT2D eigenvalue weighted by atomic mass is 16.5. The van der Waals surface area contributed by atoms with Crippen LogP contribution < -0.4 is 10.6 Å². The summed E-state index contributed by atoms with van der Waals surface area (Å²) >= 11 is 0. The predicted octanol–water partition coefficient (Wildman–Crippen LogP) is 3.75. The lowest BCUT2D eigenvalue weighted by Crippen LogP contribution is -2.47. The Morgan fingerprint density at radius 2 is 2.00 bits per heavy atom. The molecule has 0 aromatic heterocycles. The second-order valence-corrected chi connectivity index (χ2v) is 7.79. The summed E-state index contributed by atoms with van der Waals surface area (Å²) in [6, 6.07) is 10.7. The van der Waals surface area contributed by atoms with Crippen LogP contribution in [0, 0.1) is 11.3 Å². The van der Waals surface area contributed by atoms with Gasteiger partial charge in [0.2, 0.25) is 0 Å². The van der Waals surface area contributed by atoms with Crippen LogP contribution in [-0.2, 0) is 4.74 Å². The van der Waals surface area contributed by atoms with E-state index < -0.39 is 0 Å². The maximum atomic E-state index is 6.07. The Hall–Kier alpha value is -1.55. The summed E-state index contributed by atoms with van der Waals surface area (Å²) in [7, 11) is 1.83. The fourth-order valence-electron chi connectivity index (χ4n) is 3.46. The third kappa shape index (κ3) is 5.23. The summed E-state index contributed by atoms with van der Waals surface area (Å²) in [5.41, 5.74) is 1.43. The van der Waals surface area contributed by atoms with Gasteiger partial charge in [-0.05, 0) is 30.7 Å². The zero-order valence-corrected chi connectivity index (χ0v) is 15.8. The lowest BCUT2D eigenvalue weighted by molar-refractivity contribution is -0.0835. The zero-order chi connectivity index (χ0) is 17.6. The van der Waals surface area contributed by atoms with Gasteiger partial charge < -0.3 is 15.4 Å². The van der Waals surface area contributed by atoms with Crippen molar-refractivity contribution in [2.24, 2.45) is 16.3 Å². The van der Waals surface area contributed by atoms with E-state index in [1.54, 1.807) is 0 Å². The Kier molecular flexibility index (Phi) is 6.67. The summed E-state index contributed by atoms with van der Waals surface area (Å²) < 4.78 is 6.07. The van der Waals surface area contributed by atoms with Gasteiger partial charge in [0.1, 0.15) is 0 Å². The quantitative estimate of drug-likeness (QED) is 0.652. The van der Waals surface area contributed by atoms with Gasteiger partial charge in [-0.15, -0.1) is 0 Å². The topological polar surface area (TPSA) is 45.7 Å². The largest absolute Gasteiger partial charge is 0.377 e. The molecule has 1 saturated heterocycles. The molecule has 0 radical (unpaired) electrons.